The summed E-state index contributed by atoms with van der Waals surface area (Å²) < 4.78 is 0.247. The van der Waals surface area contributed by atoms with Crippen molar-refractivity contribution in [1.29, 1.82) is 0 Å². The summed E-state index contributed by atoms with van der Waals surface area (Å²) in [5.74, 6) is 0.925. The second kappa shape index (κ2) is 11.6. The van der Waals surface area contributed by atoms with Crippen molar-refractivity contribution >= 4 is 33.4 Å². The molecule has 0 fully saturated rings. The molecule has 0 aromatic rings. The number of carbonyl (C=O) groups excluding carboxylic acids is 2. The average Bonchev–Trinajstić information content (AvgIpc) is 2.39. The molecule has 0 saturated heterocycles. The van der Waals surface area contributed by atoms with E-state index in [0.717, 1.165) is 13.0 Å². The summed E-state index contributed by atoms with van der Waals surface area (Å²) in [6.45, 7) is 25.3. The highest BCUT2D eigenvalue weighted by Gasteiger charge is 2.21. The molecule has 0 aliphatic carbocycles. The van der Waals surface area contributed by atoms with Crippen LogP contribution in [0.1, 0.15) is 89.5 Å². The van der Waals surface area contributed by atoms with Gasteiger partial charge in [0, 0.05) is 22.1 Å². The van der Waals surface area contributed by atoms with Gasteiger partial charge in [-0.05, 0) is 11.8 Å². The van der Waals surface area contributed by atoms with Crippen LogP contribution in [-0.4, -0.2) is 29.0 Å². The van der Waals surface area contributed by atoms with E-state index in [2.05, 4.69) is 52.2 Å². The van der Waals surface area contributed by atoms with Gasteiger partial charge < -0.3 is 10.6 Å². The number of amides is 2. The van der Waals surface area contributed by atoms with Crippen molar-refractivity contribution in [3.63, 3.8) is 0 Å². The fourth-order valence-electron chi connectivity index (χ4n) is 1.38. The first-order chi connectivity index (χ1) is 11.8. The molecule has 4 nitrogen and oxygen atoms in total. The average molecular weight is 421 g/mol. The molecule has 0 spiro atoms. The third-order valence-electron chi connectivity index (χ3n) is 3.12. The molecule has 0 aromatic carbocycles. The zero-order chi connectivity index (χ0) is 22.1. The Morgan fingerprint density at radius 1 is 0.704 bits per heavy atom. The lowest BCUT2D eigenvalue weighted by atomic mass is 9.91. The van der Waals surface area contributed by atoms with Crippen LogP contribution in [0, 0.1) is 16.2 Å². The Kier molecular flexibility index (Phi) is 12.4. The number of hydrogen-bond acceptors (Lipinski definition) is 4. The normalized spacial score (nSPS) is 12.7. The van der Waals surface area contributed by atoms with E-state index in [4.69, 9.17) is 0 Å². The van der Waals surface area contributed by atoms with Crippen molar-refractivity contribution in [2.75, 3.05) is 12.4 Å². The predicted octanol–water partition coefficient (Wildman–Crippen LogP) is 5.87. The zero-order valence-corrected chi connectivity index (χ0v) is 21.4. The molecule has 0 unspecified atom stereocenters. The Morgan fingerprint density at radius 3 is 1.44 bits per heavy atom. The molecule has 0 aliphatic heterocycles. The van der Waals surface area contributed by atoms with Gasteiger partial charge in [0.05, 0.1) is 5.88 Å². The van der Waals surface area contributed by atoms with E-state index in [1.165, 1.54) is 0 Å². The Labute approximate surface area is 176 Å². The van der Waals surface area contributed by atoms with Crippen molar-refractivity contribution in [3.8, 4) is 0 Å². The van der Waals surface area contributed by atoms with Crippen LogP contribution < -0.4 is 10.6 Å². The summed E-state index contributed by atoms with van der Waals surface area (Å²) in [5, 5.41) is 5.84. The van der Waals surface area contributed by atoms with Crippen molar-refractivity contribution in [3.05, 3.63) is 0 Å². The number of hydrogen-bond donors (Lipinski definition) is 2. The SMILES string of the molecule is CC(C)(C)CCNC(=O)C(C)(C)C.CC(C)(C)SSCNC(=O)C(C)(C)C. The number of nitrogens with one attached hydrogen (secondary N) is 2. The summed E-state index contributed by atoms with van der Waals surface area (Å²) in [7, 11) is 3.48. The third-order valence-corrected chi connectivity index (χ3v) is 6.21. The summed E-state index contributed by atoms with van der Waals surface area (Å²) >= 11 is 0. The summed E-state index contributed by atoms with van der Waals surface area (Å²) in [6, 6.07) is 0. The molecular formula is C21H44N2O2S2. The monoisotopic (exact) mass is 420 g/mol. The molecule has 0 atom stereocenters. The lowest BCUT2D eigenvalue weighted by Crippen LogP contribution is -2.36. The first kappa shape index (κ1) is 28.8. The molecule has 0 heterocycles. The smallest absolute Gasteiger partial charge is 0.226 e. The van der Waals surface area contributed by atoms with Crippen molar-refractivity contribution in [2.24, 2.45) is 16.2 Å². The van der Waals surface area contributed by atoms with Gasteiger partial charge in [-0.3, -0.25) is 9.59 Å². The van der Waals surface area contributed by atoms with E-state index >= 15 is 0 Å². The minimum Gasteiger partial charge on any atom is -0.356 e. The molecular weight excluding hydrogens is 376 g/mol. The van der Waals surface area contributed by atoms with Gasteiger partial charge in [0.1, 0.15) is 0 Å². The van der Waals surface area contributed by atoms with Gasteiger partial charge in [-0.2, -0.15) is 0 Å². The first-order valence-corrected chi connectivity index (χ1v) is 11.9. The van der Waals surface area contributed by atoms with Crippen LogP contribution in [0.2, 0.25) is 0 Å². The van der Waals surface area contributed by atoms with E-state index in [-0.39, 0.29) is 27.4 Å². The highest BCUT2D eigenvalue weighted by atomic mass is 33.1. The second-order valence-corrected chi connectivity index (χ2v) is 14.2. The van der Waals surface area contributed by atoms with Gasteiger partial charge in [0.25, 0.3) is 0 Å². The van der Waals surface area contributed by atoms with Crippen molar-refractivity contribution in [1.82, 2.24) is 10.6 Å². The quantitative estimate of drug-likeness (QED) is 0.332. The summed E-state index contributed by atoms with van der Waals surface area (Å²) in [4.78, 5) is 22.9. The van der Waals surface area contributed by atoms with Gasteiger partial charge >= 0.3 is 0 Å². The Bertz CT molecular complexity index is 451. The molecule has 6 heteroatoms. The van der Waals surface area contributed by atoms with Gasteiger partial charge in [-0.25, -0.2) is 0 Å². The maximum absolute atomic E-state index is 11.5. The maximum atomic E-state index is 11.5. The minimum absolute atomic E-state index is 0.111. The molecule has 0 aromatic heterocycles. The lowest BCUT2D eigenvalue weighted by molar-refractivity contribution is -0.129. The van der Waals surface area contributed by atoms with Gasteiger partial charge in [-0.15, -0.1) is 0 Å². The van der Waals surface area contributed by atoms with E-state index in [1.807, 2.05) is 41.5 Å². The predicted molar refractivity (Wildman–Crippen MR) is 124 cm³/mol. The topological polar surface area (TPSA) is 58.2 Å². The highest BCUT2D eigenvalue weighted by Crippen LogP contribution is 2.34. The van der Waals surface area contributed by atoms with Crippen LogP contribution in [-0.2, 0) is 9.59 Å². The molecule has 0 radical (unpaired) electrons. The van der Waals surface area contributed by atoms with E-state index in [9.17, 15) is 9.59 Å². The molecule has 0 saturated carbocycles. The third kappa shape index (κ3) is 20.2. The zero-order valence-electron chi connectivity index (χ0n) is 19.8. The maximum Gasteiger partial charge on any atom is 0.226 e. The molecule has 0 rings (SSSR count). The first-order valence-electron chi connectivity index (χ1n) is 9.63. The van der Waals surface area contributed by atoms with Crippen LogP contribution in [0.15, 0.2) is 0 Å². The molecule has 2 amide bonds. The fourth-order valence-corrected chi connectivity index (χ4v) is 3.40. The Balaban J connectivity index is 0. The summed E-state index contributed by atoms with van der Waals surface area (Å²) in [6.07, 6.45) is 1.02. The van der Waals surface area contributed by atoms with Gasteiger partial charge in [-0.1, -0.05) is 105 Å². The molecule has 0 bridgehead atoms. The number of carbonyl (C=O) groups is 2. The van der Waals surface area contributed by atoms with Crippen LogP contribution in [0.5, 0.6) is 0 Å². The van der Waals surface area contributed by atoms with E-state index in [1.54, 1.807) is 21.6 Å². The van der Waals surface area contributed by atoms with Crippen LogP contribution >= 0.6 is 21.6 Å². The highest BCUT2D eigenvalue weighted by molar-refractivity contribution is 8.77. The Hall–Kier alpha value is -0.360. The summed E-state index contributed by atoms with van der Waals surface area (Å²) in [5.41, 5.74) is -0.254. The molecule has 2 N–H and O–H groups in total. The molecule has 0 aliphatic rings. The van der Waals surface area contributed by atoms with Crippen LogP contribution in [0.3, 0.4) is 0 Å². The molecule has 162 valence electrons. The van der Waals surface area contributed by atoms with E-state index in [0.29, 0.717) is 11.3 Å². The fraction of sp³-hybridized carbons (Fsp3) is 0.905. The second-order valence-electron chi connectivity index (χ2n) is 11.0. The number of rotatable bonds is 5. The largest absolute Gasteiger partial charge is 0.356 e. The van der Waals surface area contributed by atoms with Crippen LogP contribution in [0.25, 0.3) is 0 Å². The van der Waals surface area contributed by atoms with E-state index < -0.39 is 0 Å². The van der Waals surface area contributed by atoms with Gasteiger partial charge in [0.15, 0.2) is 0 Å². The van der Waals surface area contributed by atoms with Gasteiger partial charge in [0.2, 0.25) is 11.8 Å². The Morgan fingerprint density at radius 2 is 1.11 bits per heavy atom. The molecule has 27 heavy (non-hydrogen) atoms. The lowest BCUT2D eigenvalue weighted by Gasteiger charge is -2.21. The standard InChI is InChI=1S/C11H23NO.C10H21NOS2/c1-10(2,3)7-8-12-9(13)11(4,5)6;1-9(2,3)8(12)11-7-13-14-10(4,5)6/h7-8H2,1-6H3,(H,12,13);7H2,1-6H3,(H,11,12). The van der Waals surface area contributed by atoms with Crippen molar-refractivity contribution in [2.45, 2.75) is 94.3 Å². The van der Waals surface area contributed by atoms with Crippen molar-refractivity contribution < 1.29 is 9.59 Å². The minimum atomic E-state index is -0.285. The van der Waals surface area contributed by atoms with Crippen LogP contribution in [0.4, 0.5) is 0 Å².